The highest BCUT2D eigenvalue weighted by Gasteiger charge is 2.50. The van der Waals surface area contributed by atoms with Gasteiger partial charge in [-0.15, -0.1) is 0 Å². The van der Waals surface area contributed by atoms with Gasteiger partial charge in [0.25, 0.3) is 0 Å². The second-order valence-corrected chi connectivity index (χ2v) is 6.94. The Balaban J connectivity index is 1.34. The number of hydrogen-bond donors (Lipinski definition) is 2. The number of nitrogens with one attached hydrogen (secondary N) is 1. The molecule has 2 atom stereocenters. The molecule has 2 N–H and O–H groups in total. The number of likely N-dealkylation sites (tertiary alicyclic amines) is 1. The summed E-state index contributed by atoms with van der Waals surface area (Å²) in [5.41, 5.74) is 0.352. The zero-order valence-corrected chi connectivity index (χ0v) is 12.3. The summed E-state index contributed by atoms with van der Waals surface area (Å²) in [5.74, 6) is 0. The van der Waals surface area contributed by atoms with Gasteiger partial charge in [0.2, 0.25) is 0 Å². The molecule has 1 saturated carbocycles. The Kier molecular flexibility index (Phi) is 4.13. The summed E-state index contributed by atoms with van der Waals surface area (Å²) in [6.07, 6.45) is 4.94. The van der Waals surface area contributed by atoms with E-state index >= 15 is 0 Å². The van der Waals surface area contributed by atoms with Gasteiger partial charge in [-0.3, -0.25) is 0 Å². The summed E-state index contributed by atoms with van der Waals surface area (Å²) in [6.45, 7) is 10.3. The highest BCUT2D eigenvalue weighted by molar-refractivity contribution is 5.02. The normalized spacial score (nSPS) is 35.7. The third-order valence-electron chi connectivity index (χ3n) is 5.36. The minimum absolute atomic E-state index is 0.0551. The van der Waals surface area contributed by atoms with Crippen LogP contribution in [0.5, 0.6) is 0 Å². The van der Waals surface area contributed by atoms with E-state index in [0.717, 1.165) is 19.6 Å². The van der Waals surface area contributed by atoms with E-state index in [2.05, 4.69) is 22.0 Å². The lowest BCUT2D eigenvalue weighted by Crippen LogP contribution is -2.50. The molecule has 4 heteroatoms. The largest absolute Gasteiger partial charge is 0.391 e. The molecule has 1 spiro atoms. The zero-order valence-electron chi connectivity index (χ0n) is 12.3. The van der Waals surface area contributed by atoms with Gasteiger partial charge < -0.3 is 20.2 Å². The van der Waals surface area contributed by atoms with Crippen molar-refractivity contribution in [3.05, 3.63) is 0 Å². The van der Waals surface area contributed by atoms with Crippen molar-refractivity contribution in [3.63, 3.8) is 0 Å². The molecule has 3 aliphatic rings. The Morgan fingerprint density at radius 1 is 1.11 bits per heavy atom. The van der Waals surface area contributed by atoms with Gasteiger partial charge in [0.05, 0.1) is 6.10 Å². The predicted molar refractivity (Wildman–Crippen MR) is 77.3 cm³/mol. The van der Waals surface area contributed by atoms with Gasteiger partial charge in [-0.1, -0.05) is 0 Å². The fourth-order valence-corrected chi connectivity index (χ4v) is 3.76. The van der Waals surface area contributed by atoms with E-state index in [9.17, 15) is 5.11 Å². The maximum absolute atomic E-state index is 10.2. The third kappa shape index (κ3) is 3.30. The standard InChI is InChI=1S/C15H29N3O/c1-13-11-18(10-6-16-13)8-2-7-17-9-5-15(3-4-15)14(19)12-17/h13-14,16,19H,2-12H2,1H3/t13-,14+/m0/s1. The third-order valence-corrected chi connectivity index (χ3v) is 5.36. The molecule has 2 heterocycles. The summed E-state index contributed by atoms with van der Waals surface area (Å²) in [6, 6.07) is 0.639. The fourth-order valence-electron chi connectivity index (χ4n) is 3.76. The molecule has 2 saturated heterocycles. The van der Waals surface area contributed by atoms with Crippen molar-refractivity contribution >= 4 is 0 Å². The minimum Gasteiger partial charge on any atom is -0.391 e. The van der Waals surface area contributed by atoms with Crippen LogP contribution in [0.15, 0.2) is 0 Å². The monoisotopic (exact) mass is 267 g/mol. The molecular formula is C15H29N3O. The number of piperidine rings is 1. The van der Waals surface area contributed by atoms with Gasteiger partial charge >= 0.3 is 0 Å². The number of aliphatic hydroxyl groups excluding tert-OH is 1. The van der Waals surface area contributed by atoms with Crippen molar-refractivity contribution in [2.75, 3.05) is 45.8 Å². The van der Waals surface area contributed by atoms with Crippen LogP contribution in [0.4, 0.5) is 0 Å². The number of nitrogens with zero attached hydrogens (tertiary/aromatic N) is 2. The van der Waals surface area contributed by atoms with Crippen LogP contribution in [-0.4, -0.2) is 72.9 Å². The zero-order chi connectivity index (χ0) is 13.3. The highest BCUT2D eigenvalue weighted by Crippen LogP contribution is 2.53. The first-order valence-electron chi connectivity index (χ1n) is 8.04. The Bertz CT molecular complexity index is 306. The van der Waals surface area contributed by atoms with Gasteiger partial charge in [0, 0.05) is 32.2 Å². The molecule has 0 aromatic heterocycles. The first-order valence-corrected chi connectivity index (χ1v) is 8.04. The van der Waals surface area contributed by atoms with Gasteiger partial charge in [0.15, 0.2) is 0 Å². The second kappa shape index (κ2) is 5.68. The maximum Gasteiger partial charge on any atom is 0.0723 e. The van der Waals surface area contributed by atoms with Crippen LogP contribution < -0.4 is 5.32 Å². The van der Waals surface area contributed by atoms with Crippen molar-refractivity contribution in [2.45, 2.75) is 44.8 Å². The van der Waals surface area contributed by atoms with Crippen LogP contribution in [-0.2, 0) is 0 Å². The molecule has 3 rings (SSSR count). The molecular weight excluding hydrogens is 238 g/mol. The SMILES string of the molecule is C[C@H]1CN(CCCN2CCC3(CC3)[C@H](O)C2)CCN1. The molecule has 0 bridgehead atoms. The molecule has 3 fully saturated rings. The Hall–Kier alpha value is -0.160. The van der Waals surface area contributed by atoms with Gasteiger partial charge in [-0.05, 0) is 57.7 Å². The fraction of sp³-hybridized carbons (Fsp3) is 1.00. The molecule has 0 aromatic rings. The van der Waals surface area contributed by atoms with E-state index in [1.807, 2.05) is 0 Å². The molecule has 0 aromatic carbocycles. The van der Waals surface area contributed by atoms with Gasteiger partial charge in [-0.25, -0.2) is 0 Å². The second-order valence-electron chi connectivity index (χ2n) is 6.94. The van der Waals surface area contributed by atoms with Crippen LogP contribution in [0.2, 0.25) is 0 Å². The number of hydrogen-bond acceptors (Lipinski definition) is 4. The lowest BCUT2D eigenvalue weighted by Gasteiger charge is -2.37. The number of β-amino-alcohol motifs (C(OH)–C–C–N with tert-alkyl or cyclic N) is 1. The minimum atomic E-state index is -0.0551. The topological polar surface area (TPSA) is 38.7 Å². The summed E-state index contributed by atoms with van der Waals surface area (Å²) < 4.78 is 0. The highest BCUT2D eigenvalue weighted by atomic mass is 16.3. The Morgan fingerprint density at radius 3 is 2.47 bits per heavy atom. The van der Waals surface area contributed by atoms with E-state index in [4.69, 9.17) is 0 Å². The van der Waals surface area contributed by atoms with E-state index in [0.29, 0.717) is 11.5 Å². The van der Waals surface area contributed by atoms with Crippen molar-refractivity contribution in [2.24, 2.45) is 5.41 Å². The smallest absolute Gasteiger partial charge is 0.0723 e. The average molecular weight is 267 g/mol. The molecule has 2 aliphatic heterocycles. The summed E-state index contributed by atoms with van der Waals surface area (Å²) in [4.78, 5) is 5.05. The molecule has 1 aliphatic carbocycles. The summed E-state index contributed by atoms with van der Waals surface area (Å²) in [7, 11) is 0. The average Bonchev–Trinajstić information content (AvgIpc) is 3.15. The number of piperazine rings is 1. The van der Waals surface area contributed by atoms with E-state index in [1.54, 1.807) is 0 Å². The summed E-state index contributed by atoms with van der Waals surface area (Å²) >= 11 is 0. The maximum atomic E-state index is 10.2. The van der Waals surface area contributed by atoms with Crippen LogP contribution in [0.1, 0.15) is 32.6 Å². The summed E-state index contributed by atoms with van der Waals surface area (Å²) in [5, 5.41) is 13.7. The Morgan fingerprint density at radius 2 is 1.84 bits per heavy atom. The van der Waals surface area contributed by atoms with Crippen LogP contribution in [0, 0.1) is 5.41 Å². The van der Waals surface area contributed by atoms with Crippen molar-refractivity contribution in [3.8, 4) is 0 Å². The molecule has 110 valence electrons. The lowest BCUT2D eigenvalue weighted by molar-refractivity contribution is 0.00722. The van der Waals surface area contributed by atoms with E-state index in [1.165, 1.54) is 51.9 Å². The first-order chi connectivity index (χ1) is 9.18. The number of aliphatic hydroxyl groups is 1. The molecule has 0 unspecified atom stereocenters. The Labute approximate surface area is 117 Å². The molecule has 4 nitrogen and oxygen atoms in total. The van der Waals surface area contributed by atoms with E-state index < -0.39 is 0 Å². The van der Waals surface area contributed by atoms with E-state index in [-0.39, 0.29) is 6.10 Å². The van der Waals surface area contributed by atoms with Gasteiger partial charge in [-0.2, -0.15) is 0 Å². The van der Waals surface area contributed by atoms with Crippen molar-refractivity contribution < 1.29 is 5.11 Å². The lowest BCUT2D eigenvalue weighted by atomic mass is 9.90. The number of rotatable bonds is 4. The molecule has 0 radical (unpaired) electrons. The molecule has 0 amide bonds. The quantitative estimate of drug-likeness (QED) is 0.779. The van der Waals surface area contributed by atoms with Crippen molar-refractivity contribution in [1.82, 2.24) is 15.1 Å². The van der Waals surface area contributed by atoms with Crippen LogP contribution >= 0.6 is 0 Å². The van der Waals surface area contributed by atoms with Crippen LogP contribution in [0.3, 0.4) is 0 Å². The van der Waals surface area contributed by atoms with Gasteiger partial charge in [0.1, 0.15) is 0 Å². The predicted octanol–water partition coefficient (Wildman–Crippen LogP) is 0.517. The first kappa shape index (κ1) is 13.8. The van der Waals surface area contributed by atoms with Crippen LogP contribution in [0.25, 0.3) is 0 Å². The van der Waals surface area contributed by atoms with Crippen molar-refractivity contribution in [1.29, 1.82) is 0 Å². The molecule has 19 heavy (non-hydrogen) atoms.